The maximum Gasteiger partial charge on any atom is 0.295 e. The van der Waals surface area contributed by atoms with E-state index in [0.29, 0.717) is 0 Å². The van der Waals surface area contributed by atoms with Crippen LogP contribution in [0.1, 0.15) is 20.7 Å². The Hall–Kier alpha value is -1.56. The Balaban J connectivity index is 0.000000531. The summed E-state index contributed by atoms with van der Waals surface area (Å²) in [6.07, 6.45) is 0. The smallest absolute Gasteiger partial charge is 0.295 e. The van der Waals surface area contributed by atoms with Crippen LogP contribution in [-0.4, -0.2) is 39.8 Å². The van der Waals surface area contributed by atoms with Crippen LogP contribution in [0, 0.1) is 0 Å². The lowest BCUT2D eigenvalue weighted by Crippen LogP contribution is -2.40. The quantitative estimate of drug-likeness (QED) is 0.391. The van der Waals surface area contributed by atoms with Crippen LogP contribution in [-0.2, 0) is 0 Å². The second-order valence-electron chi connectivity index (χ2n) is 2.88. The molecule has 1 aromatic carbocycles. The summed E-state index contributed by atoms with van der Waals surface area (Å²) in [5, 5.41) is 25.2. The minimum atomic E-state index is -2.86. The first-order chi connectivity index (χ1) is 7.05. The van der Waals surface area contributed by atoms with Gasteiger partial charge in [0.1, 0.15) is 0 Å². The molecule has 0 bridgehead atoms. The molecule has 3 N–H and O–H groups in total. The van der Waals surface area contributed by atoms with Gasteiger partial charge in [-0.05, 0) is 0 Å². The van der Waals surface area contributed by atoms with Gasteiger partial charge in [-0.2, -0.15) is 0 Å². The zero-order chi connectivity index (χ0) is 11.6. The van der Waals surface area contributed by atoms with E-state index in [1.807, 2.05) is 0 Å². The Morgan fingerprint density at radius 3 is 1.60 bits per heavy atom. The van der Waals surface area contributed by atoms with Crippen LogP contribution in [0.5, 0.6) is 0 Å². The summed E-state index contributed by atoms with van der Waals surface area (Å²) >= 11 is 0. The number of rotatable bonds is 0. The first-order valence-electron chi connectivity index (χ1n) is 4.13. The van der Waals surface area contributed by atoms with E-state index in [0.717, 1.165) is 7.11 Å². The third-order valence-electron chi connectivity index (χ3n) is 2.05. The molecule has 0 atom stereocenters. The van der Waals surface area contributed by atoms with Crippen LogP contribution in [0.4, 0.5) is 0 Å². The van der Waals surface area contributed by atoms with E-state index >= 15 is 0 Å². The van der Waals surface area contributed by atoms with Crippen LogP contribution in [0.3, 0.4) is 0 Å². The number of Topliss-reactive ketones (excluding diaryl/α,β-unsaturated/α-hetero) is 2. The van der Waals surface area contributed by atoms with Crippen molar-refractivity contribution in [3.05, 3.63) is 35.4 Å². The van der Waals surface area contributed by atoms with E-state index in [1.165, 1.54) is 12.1 Å². The lowest BCUT2D eigenvalue weighted by molar-refractivity contribution is -0.0857. The van der Waals surface area contributed by atoms with Crippen molar-refractivity contribution in [1.29, 1.82) is 0 Å². The molecule has 15 heavy (non-hydrogen) atoms. The van der Waals surface area contributed by atoms with Crippen molar-refractivity contribution in [3.8, 4) is 0 Å². The normalized spacial score (nSPS) is 16.8. The van der Waals surface area contributed by atoms with Crippen molar-refractivity contribution in [2.45, 2.75) is 5.79 Å². The van der Waals surface area contributed by atoms with Crippen molar-refractivity contribution < 1.29 is 24.9 Å². The predicted octanol–water partition coefficient (Wildman–Crippen LogP) is -0.645. The molecule has 1 aliphatic carbocycles. The topological polar surface area (TPSA) is 94.8 Å². The molecule has 0 saturated carbocycles. The SMILES string of the molecule is CO.O=C1c2ccccc2C(=O)C1(O)O. The van der Waals surface area contributed by atoms with Crippen molar-refractivity contribution >= 4 is 11.6 Å². The molecule has 1 aliphatic rings. The van der Waals surface area contributed by atoms with Gasteiger partial charge in [-0.15, -0.1) is 0 Å². The van der Waals surface area contributed by atoms with E-state index < -0.39 is 17.4 Å². The molecule has 0 spiro atoms. The van der Waals surface area contributed by atoms with E-state index in [-0.39, 0.29) is 11.1 Å². The summed E-state index contributed by atoms with van der Waals surface area (Å²) in [7, 11) is 1.00. The first-order valence-corrected chi connectivity index (χ1v) is 4.13. The molecule has 0 saturated heterocycles. The Morgan fingerprint density at radius 2 is 1.27 bits per heavy atom. The monoisotopic (exact) mass is 210 g/mol. The molecule has 0 aliphatic heterocycles. The first kappa shape index (κ1) is 11.5. The van der Waals surface area contributed by atoms with Crippen LogP contribution in [0.15, 0.2) is 24.3 Å². The summed E-state index contributed by atoms with van der Waals surface area (Å²) < 4.78 is 0. The highest BCUT2D eigenvalue weighted by atomic mass is 16.5. The summed E-state index contributed by atoms with van der Waals surface area (Å²) in [4.78, 5) is 22.4. The fourth-order valence-corrected chi connectivity index (χ4v) is 1.36. The highest BCUT2D eigenvalue weighted by Gasteiger charge is 2.50. The zero-order valence-electron chi connectivity index (χ0n) is 7.97. The largest absolute Gasteiger partial charge is 0.400 e. The molecule has 0 heterocycles. The summed E-state index contributed by atoms with van der Waals surface area (Å²) in [5.41, 5.74) is 0.134. The highest BCUT2D eigenvalue weighted by molar-refractivity contribution is 6.30. The molecule has 0 amide bonds. The average molecular weight is 210 g/mol. The Kier molecular flexibility index (Phi) is 2.99. The number of hydrogen-bond acceptors (Lipinski definition) is 5. The second-order valence-corrected chi connectivity index (χ2v) is 2.88. The summed E-state index contributed by atoms with van der Waals surface area (Å²) in [6, 6.07) is 5.91. The number of aliphatic hydroxyl groups excluding tert-OH is 1. The van der Waals surface area contributed by atoms with Crippen molar-refractivity contribution in [1.82, 2.24) is 0 Å². The standard InChI is InChI=1S/C9H6O4.CH4O/c10-7-5-3-1-2-4-6(5)8(11)9(7,12)13;1-2/h1-4,12-13H;2H,1H3. The summed E-state index contributed by atoms with van der Waals surface area (Å²) in [6.45, 7) is 0. The molecule has 0 aromatic heterocycles. The molecule has 2 rings (SSSR count). The van der Waals surface area contributed by atoms with E-state index in [2.05, 4.69) is 0 Å². The van der Waals surface area contributed by atoms with E-state index in [4.69, 9.17) is 15.3 Å². The Labute approximate surface area is 85.6 Å². The fraction of sp³-hybridized carbons (Fsp3) is 0.200. The van der Waals surface area contributed by atoms with Gasteiger partial charge in [0.2, 0.25) is 11.6 Å². The molecule has 0 radical (unpaired) electrons. The maximum atomic E-state index is 11.2. The average Bonchev–Trinajstić information content (AvgIpc) is 2.45. The minimum Gasteiger partial charge on any atom is -0.400 e. The van der Waals surface area contributed by atoms with Gasteiger partial charge in [0.15, 0.2) is 0 Å². The predicted molar refractivity (Wildman–Crippen MR) is 50.4 cm³/mol. The number of benzene rings is 1. The number of hydrogen-bond donors (Lipinski definition) is 3. The van der Waals surface area contributed by atoms with Gasteiger partial charge in [-0.25, -0.2) is 0 Å². The molecule has 0 unspecified atom stereocenters. The molecule has 0 fully saturated rings. The third-order valence-corrected chi connectivity index (χ3v) is 2.05. The Morgan fingerprint density at radius 1 is 0.933 bits per heavy atom. The highest BCUT2D eigenvalue weighted by Crippen LogP contribution is 2.27. The lowest BCUT2D eigenvalue weighted by atomic mass is 10.1. The molecule has 80 valence electrons. The molecular weight excluding hydrogens is 200 g/mol. The number of carbonyl (C=O) groups is 2. The molecule has 5 heteroatoms. The zero-order valence-corrected chi connectivity index (χ0v) is 7.97. The second kappa shape index (κ2) is 3.90. The van der Waals surface area contributed by atoms with Gasteiger partial charge in [0.05, 0.1) is 0 Å². The number of aliphatic hydroxyl groups is 3. The molecule has 1 aromatic rings. The van der Waals surface area contributed by atoms with Crippen LogP contribution in [0.25, 0.3) is 0 Å². The van der Waals surface area contributed by atoms with E-state index in [1.54, 1.807) is 12.1 Å². The van der Waals surface area contributed by atoms with Crippen molar-refractivity contribution in [2.75, 3.05) is 7.11 Å². The van der Waals surface area contributed by atoms with Gasteiger partial charge < -0.3 is 15.3 Å². The van der Waals surface area contributed by atoms with Crippen molar-refractivity contribution in [3.63, 3.8) is 0 Å². The van der Waals surface area contributed by atoms with Gasteiger partial charge in [-0.1, -0.05) is 24.3 Å². The minimum absolute atomic E-state index is 0.0671. The molecule has 5 nitrogen and oxygen atoms in total. The third kappa shape index (κ3) is 1.56. The maximum absolute atomic E-state index is 11.2. The van der Waals surface area contributed by atoms with E-state index in [9.17, 15) is 9.59 Å². The van der Waals surface area contributed by atoms with Gasteiger partial charge in [-0.3, -0.25) is 9.59 Å². The number of ketones is 2. The van der Waals surface area contributed by atoms with Crippen LogP contribution < -0.4 is 0 Å². The van der Waals surface area contributed by atoms with Gasteiger partial charge in [0, 0.05) is 18.2 Å². The number of fused-ring (bicyclic) bond motifs is 1. The van der Waals surface area contributed by atoms with Gasteiger partial charge in [0.25, 0.3) is 5.79 Å². The lowest BCUT2D eigenvalue weighted by Gasteiger charge is -2.08. The van der Waals surface area contributed by atoms with Crippen LogP contribution >= 0.6 is 0 Å². The number of carbonyl (C=O) groups excluding carboxylic acids is 2. The van der Waals surface area contributed by atoms with Crippen LogP contribution in [0.2, 0.25) is 0 Å². The molecular formula is C10H10O5. The van der Waals surface area contributed by atoms with Gasteiger partial charge >= 0.3 is 0 Å². The fourth-order valence-electron chi connectivity index (χ4n) is 1.36. The Bertz CT molecular complexity index is 371. The summed E-state index contributed by atoms with van der Waals surface area (Å²) in [5.74, 6) is -4.76. The van der Waals surface area contributed by atoms with Crippen molar-refractivity contribution in [2.24, 2.45) is 0 Å².